The van der Waals surface area contributed by atoms with Crippen molar-refractivity contribution in [2.45, 2.75) is 19.9 Å². The molecule has 3 N–H and O–H groups in total. The first-order valence-corrected chi connectivity index (χ1v) is 7.23. The van der Waals surface area contributed by atoms with E-state index in [9.17, 15) is 5.11 Å². The molecule has 0 fully saturated rings. The van der Waals surface area contributed by atoms with Crippen molar-refractivity contribution in [3.8, 4) is 17.1 Å². The molecule has 0 amide bonds. The lowest BCUT2D eigenvalue weighted by Crippen LogP contribution is -2.00. The number of nitrogen functional groups attached to an aromatic ring is 1. The van der Waals surface area contributed by atoms with Crippen molar-refractivity contribution in [3.63, 3.8) is 0 Å². The first kappa shape index (κ1) is 13.8. The Bertz CT molecular complexity index is 811. The van der Waals surface area contributed by atoms with E-state index in [-0.39, 0.29) is 5.75 Å². The van der Waals surface area contributed by atoms with Crippen LogP contribution in [0.15, 0.2) is 36.4 Å². The number of aryl methyl sites for hydroxylation is 1. The van der Waals surface area contributed by atoms with Gasteiger partial charge in [-0.25, -0.2) is 4.98 Å². The molecule has 0 spiro atoms. The molecule has 108 valence electrons. The maximum atomic E-state index is 10.2. The number of para-hydroxylation sites is 1. The monoisotopic (exact) mass is 301 g/mol. The number of imidazole rings is 1. The highest BCUT2D eigenvalue weighted by Crippen LogP contribution is 2.34. The number of nitrogens with two attached hydrogens (primary N) is 1. The molecule has 5 heteroatoms. The predicted octanol–water partition coefficient (Wildman–Crippen LogP) is 4.05. The molecule has 1 heterocycles. The van der Waals surface area contributed by atoms with Gasteiger partial charge in [0.15, 0.2) is 0 Å². The number of phenols is 1. The van der Waals surface area contributed by atoms with Gasteiger partial charge < -0.3 is 15.4 Å². The van der Waals surface area contributed by atoms with Gasteiger partial charge in [0.2, 0.25) is 0 Å². The molecule has 0 saturated heterocycles. The average Bonchev–Trinajstić information content (AvgIpc) is 2.79. The molecule has 3 rings (SSSR count). The number of phenolic OH excluding ortho intramolecular Hbond substituents is 1. The van der Waals surface area contributed by atoms with Crippen LogP contribution in [0.2, 0.25) is 5.02 Å². The van der Waals surface area contributed by atoms with Gasteiger partial charge in [0.1, 0.15) is 11.6 Å². The third-order valence-electron chi connectivity index (χ3n) is 3.43. The number of aromatic nitrogens is 2. The maximum Gasteiger partial charge on any atom is 0.144 e. The Morgan fingerprint density at radius 2 is 2.10 bits per heavy atom. The SMILES string of the molecule is CCCn1c(-c2ccc(N)cc2O)nc2cccc(Cl)c21. The van der Waals surface area contributed by atoms with Gasteiger partial charge in [0.25, 0.3) is 0 Å². The fourth-order valence-electron chi connectivity index (χ4n) is 2.53. The van der Waals surface area contributed by atoms with Crippen LogP contribution in [-0.4, -0.2) is 14.7 Å². The average molecular weight is 302 g/mol. The Balaban J connectivity index is 2.31. The van der Waals surface area contributed by atoms with Crippen molar-refractivity contribution in [2.75, 3.05) is 5.73 Å². The smallest absolute Gasteiger partial charge is 0.144 e. The molecule has 0 aliphatic rings. The number of hydrogen-bond donors (Lipinski definition) is 2. The number of benzene rings is 2. The van der Waals surface area contributed by atoms with E-state index in [4.69, 9.17) is 17.3 Å². The van der Waals surface area contributed by atoms with Gasteiger partial charge in [-0.05, 0) is 30.7 Å². The van der Waals surface area contributed by atoms with Crippen LogP contribution in [-0.2, 0) is 6.54 Å². The molecule has 3 aromatic rings. The molecule has 0 bridgehead atoms. The number of anilines is 1. The molecular weight excluding hydrogens is 286 g/mol. The fourth-order valence-corrected chi connectivity index (χ4v) is 2.80. The zero-order valence-electron chi connectivity index (χ0n) is 11.7. The van der Waals surface area contributed by atoms with E-state index >= 15 is 0 Å². The van der Waals surface area contributed by atoms with Crippen molar-refractivity contribution >= 4 is 28.3 Å². The van der Waals surface area contributed by atoms with Crippen molar-refractivity contribution in [3.05, 3.63) is 41.4 Å². The van der Waals surface area contributed by atoms with E-state index in [1.807, 2.05) is 22.8 Å². The second kappa shape index (κ2) is 5.30. The van der Waals surface area contributed by atoms with Gasteiger partial charge >= 0.3 is 0 Å². The summed E-state index contributed by atoms with van der Waals surface area (Å²) in [5.74, 6) is 0.830. The van der Waals surface area contributed by atoms with Crippen molar-refractivity contribution in [1.29, 1.82) is 0 Å². The second-order valence-electron chi connectivity index (χ2n) is 4.97. The lowest BCUT2D eigenvalue weighted by atomic mass is 10.1. The van der Waals surface area contributed by atoms with Gasteiger partial charge in [-0.15, -0.1) is 0 Å². The summed E-state index contributed by atoms with van der Waals surface area (Å²) in [5, 5.41) is 10.8. The molecule has 0 aliphatic heterocycles. The van der Waals surface area contributed by atoms with Crippen molar-refractivity contribution < 1.29 is 5.11 Å². The molecule has 4 nitrogen and oxygen atoms in total. The number of fused-ring (bicyclic) bond motifs is 1. The van der Waals surface area contributed by atoms with E-state index in [1.54, 1.807) is 12.1 Å². The first-order chi connectivity index (χ1) is 10.1. The summed E-state index contributed by atoms with van der Waals surface area (Å²) in [6.07, 6.45) is 0.944. The zero-order chi connectivity index (χ0) is 15.0. The molecule has 1 aromatic heterocycles. The van der Waals surface area contributed by atoms with E-state index < -0.39 is 0 Å². The zero-order valence-corrected chi connectivity index (χ0v) is 12.4. The highest BCUT2D eigenvalue weighted by atomic mass is 35.5. The summed E-state index contributed by atoms with van der Waals surface area (Å²) in [6.45, 7) is 2.87. The summed E-state index contributed by atoms with van der Waals surface area (Å²) in [4.78, 5) is 4.63. The van der Waals surface area contributed by atoms with Crippen LogP contribution < -0.4 is 5.73 Å². The van der Waals surface area contributed by atoms with Crippen LogP contribution >= 0.6 is 11.6 Å². The Morgan fingerprint density at radius 3 is 2.81 bits per heavy atom. The van der Waals surface area contributed by atoms with E-state index in [0.717, 1.165) is 24.0 Å². The normalized spacial score (nSPS) is 11.1. The minimum atomic E-state index is 0.124. The van der Waals surface area contributed by atoms with Crippen LogP contribution in [0.1, 0.15) is 13.3 Å². The molecular formula is C16H16ClN3O. The number of nitrogens with zero attached hydrogens (tertiary/aromatic N) is 2. The predicted molar refractivity (Wildman–Crippen MR) is 86.5 cm³/mol. The van der Waals surface area contributed by atoms with E-state index in [2.05, 4.69) is 11.9 Å². The molecule has 0 unspecified atom stereocenters. The molecule has 21 heavy (non-hydrogen) atoms. The van der Waals surface area contributed by atoms with Crippen LogP contribution in [0, 0.1) is 0 Å². The molecule has 0 aliphatic carbocycles. The Hall–Kier alpha value is -2.20. The lowest BCUT2D eigenvalue weighted by molar-refractivity contribution is 0.476. The molecule has 2 aromatic carbocycles. The van der Waals surface area contributed by atoms with Crippen molar-refractivity contribution in [2.24, 2.45) is 0 Å². The van der Waals surface area contributed by atoms with Crippen LogP contribution in [0.4, 0.5) is 5.69 Å². The minimum absolute atomic E-state index is 0.124. The summed E-state index contributed by atoms with van der Waals surface area (Å²) >= 11 is 6.32. The van der Waals surface area contributed by atoms with Gasteiger partial charge in [0, 0.05) is 18.3 Å². The van der Waals surface area contributed by atoms with Gasteiger partial charge in [-0.1, -0.05) is 24.6 Å². The van der Waals surface area contributed by atoms with Gasteiger partial charge in [-0.2, -0.15) is 0 Å². The Morgan fingerprint density at radius 1 is 1.29 bits per heavy atom. The Labute approximate surface area is 127 Å². The number of hydrogen-bond acceptors (Lipinski definition) is 3. The molecule has 0 atom stereocenters. The standard InChI is InChI=1S/C16H16ClN3O/c1-2-8-20-15-12(17)4-3-5-13(15)19-16(20)11-7-6-10(18)9-14(11)21/h3-7,9,21H,2,8,18H2,1H3. The minimum Gasteiger partial charge on any atom is -0.507 e. The van der Waals surface area contributed by atoms with Crippen LogP contribution in [0.25, 0.3) is 22.4 Å². The highest BCUT2D eigenvalue weighted by Gasteiger charge is 2.16. The summed E-state index contributed by atoms with van der Waals surface area (Å²) in [5.41, 5.74) is 8.59. The second-order valence-corrected chi connectivity index (χ2v) is 5.38. The highest BCUT2D eigenvalue weighted by molar-refractivity contribution is 6.35. The lowest BCUT2D eigenvalue weighted by Gasteiger charge is -2.10. The number of aromatic hydroxyl groups is 1. The first-order valence-electron chi connectivity index (χ1n) is 6.85. The quantitative estimate of drug-likeness (QED) is 0.717. The fraction of sp³-hybridized carbons (Fsp3) is 0.188. The number of halogens is 1. The van der Waals surface area contributed by atoms with Gasteiger partial charge in [-0.3, -0.25) is 0 Å². The van der Waals surface area contributed by atoms with Gasteiger partial charge in [0.05, 0.1) is 21.6 Å². The molecule has 0 saturated carbocycles. The summed E-state index contributed by atoms with van der Waals surface area (Å²) < 4.78 is 2.04. The summed E-state index contributed by atoms with van der Waals surface area (Å²) in [6, 6.07) is 10.7. The maximum absolute atomic E-state index is 10.2. The van der Waals surface area contributed by atoms with Crippen LogP contribution in [0.5, 0.6) is 5.75 Å². The third-order valence-corrected chi connectivity index (χ3v) is 3.73. The molecule has 0 radical (unpaired) electrons. The third kappa shape index (κ3) is 2.32. The van der Waals surface area contributed by atoms with Crippen molar-refractivity contribution in [1.82, 2.24) is 9.55 Å². The van der Waals surface area contributed by atoms with Crippen LogP contribution in [0.3, 0.4) is 0 Å². The largest absolute Gasteiger partial charge is 0.507 e. The van der Waals surface area contributed by atoms with E-state index in [1.165, 1.54) is 6.07 Å². The Kier molecular flexibility index (Phi) is 3.47. The summed E-state index contributed by atoms with van der Waals surface area (Å²) in [7, 11) is 0. The van der Waals surface area contributed by atoms with E-state index in [0.29, 0.717) is 22.1 Å². The number of rotatable bonds is 3. The topological polar surface area (TPSA) is 64.1 Å².